The fourth-order valence-corrected chi connectivity index (χ4v) is 2.02. The largest absolute Gasteiger partial charge is 0.477 e. The van der Waals surface area contributed by atoms with Crippen molar-refractivity contribution in [2.75, 3.05) is 0 Å². The molecule has 0 saturated heterocycles. The van der Waals surface area contributed by atoms with E-state index in [-0.39, 0.29) is 11.3 Å². The number of H-pyrrole nitrogens is 1. The maximum Gasteiger partial charge on any atom is 0.343 e. The SMILES string of the molecule is CCc1ccccc1-c1nc(C)c(C(=O)O)c(=O)[nH]1. The molecular formula is C14H14N2O3. The average Bonchev–Trinajstić information content (AvgIpc) is 2.37. The summed E-state index contributed by atoms with van der Waals surface area (Å²) in [6, 6.07) is 7.58. The second-order valence-electron chi connectivity index (χ2n) is 4.19. The van der Waals surface area contributed by atoms with Gasteiger partial charge in [0.1, 0.15) is 11.4 Å². The summed E-state index contributed by atoms with van der Waals surface area (Å²) in [4.78, 5) is 29.5. The first-order valence-electron chi connectivity index (χ1n) is 5.97. The van der Waals surface area contributed by atoms with Gasteiger partial charge in [0.05, 0.1) is 5.69 Å². The summed E-state index contributed by atoms with van der Waals surface area (Å²) in [6.07, 6.45) is 0.805. The highest BCUT2D eigenvalue weighted by molar-refractivity contribution is 5.88. The molecular weight excluding hydrogens is 244 g/mol. The Hall–Kier alpha value is -2.43. The van der Waals surface area contributed by atoms with Crippen molar-refractivity contribution in [2.24, 2.45) is 0 Å². The molecule has 0 bridgehead atoms. The topological polar surface area (TPSA) is 83.0 Å². The van der Waals surface area contributed by atoms with Crippen LogP contribution in [0.5, 0.6) is 0 Å². The van der Waals surface area contributed by atoms with Crippen LogP contribution in [0.1, 0.15) is 28.5 Å². The zero-order valence-corrected chi connectivity index (χ0v) is 10.7. The van der Waals surface area contributed by atoms with Crippen LogP contribution in [0, 0.1) is 6.92 Å². The Morgan fingerprint density at radius 1 is 1.37 bits per heavy atom. The second-order valence-corrected chi connectivity index (χ2v) is 4.19. The van der Waals surface area contributed by atoms with Crippen LogP contribution in [-0.2, 0) is 6.42 Å². The first-order valence-corrected chi connectivity index (χ1v) is 5.97. The van der Waals surface area contributed by atoms with Gasteiger partial charge in [0.25, 0.3) is 5.56 Å². The van der Waals surface area contributed by atoms with Crippen molar-refractivity contribution < 1.29 is 9.90 Å². The van der Waals surface area contributed by atoms with Gasteiger partial charge in [-0.25, -0.2) is 9.78 Å². The van der Waals surface area contributed by atoms with E-state index in [1.165, 1.54) is 6.92 Å². The van der Waals surface area contributed by atoms with E-state index in [0.717, 1.165) is 17.5 Å². The summed E-state index contributed by atoms with van der Waals surface area (Å²) >= 11 is 0. The van der Waals surface area contributed by atoms with Crippen LogP contribution in [0.3, 0.4) is 0 Å². The van der Waals surface area contributed by atoms with Crippen molar-refractivity contribution in [3.05, 3.63) is 51.4 Å². The number of nitrogens with zero attached hydrogens (tertiary/aromatic N) is 1. The molecule has 0 aliphatic heterocycles. The molecule has 98 valence electrons. The van der Waals surface area contributed by atoms with E-state index in [1.807, 2.05) is 31.2 Å². The molecule has 5 heteroatoms. The Kier molecular flexibility index (Phi) is 3.46. The van der Waals surface area contributed by atoms with Gasteiger partial charge in [-0.3, -0.25) is 4.79 Å². The standard InChI is InChI=1S/C14H14N2O3/c1-3-9-6-4-5-7-10(9)12-15-8(2)11(14(18)19)13(17)16-12/h4-7H,3H2,1-2H3,(H,18,19)(H,15,16,17). The lowest BCUT2D eigenvalue weighted by Gasteiger charge is -2.08. The summed E-state index contributed by atoms with van der Waals surface area (Å²) in [7, 11) is 0. The third-order valence-corrected chi connectivity index (χ3v) is 2.97. The van der Waals surface area contributed by atoms with Crippen LogP contribution in [0.4, 0.5) is 0 Å². The average molecular weight is 258 g/mol. The number of carbonyl (C=O) groups is 1. The van der Waals surface area contributed by atoms with Crippen molar-refractivity contribution in [3.8, 4) is 11.4 Å². The lowest BCUT2D eigenvalue weighted by molar-refractivity contribution is 0.0693. The lowest BCUT2D eigenvalue weighted by Crippen LogP contribution is -2.21. The van der Waals surface area contributed by atoms with Gasteiger partial charge in [-0.2, -0.15) is 0 Å². The van der Waals surface area contributed by atoms with Gasteiger partial charge in [-0.1, -0.05) is 31.2 Å². The van der Waals surface area contributed by atoms with Crippen LogP contribution < -0.4 is 5.56 Å². The molecule has 0 unspecified atom stereocenters. The van der Waals surface area contributed by atoms with Crippen LogP contribution >= 0.6 is 0 Å². The summed E-state index contributed by atoms with van der Waals surface area (Å²) in [5.41, 5.74) is 1.16. The summed E-state index contributed by atoms with van der Waals surface area (Å²) in [5.74, 6) is -0.855. The minimum atomic E-state index is -1.26. The molecule has 2 rings (SSSR count). The summed E-state index contributed by atoms with van der Waals surface area (Å²) in [5, 5.41) is 8.95. The van der Waals surface area contributed by atoms with E-state index in [2.05, 4.69) is 9.97 Å². The Morgan fingerprint density at radius 2 is 2.05 bits per heavy atom. The number of carboxylic acid groups (broad SMARTS) is 1. The van der Waals surface area contributed by atoms with Crippen molar-refractivity contribution in [2.45, 2.75) is 20.3 Å². The van der Waals surface area contributed by atoms with E-state index < -0.39 is 11.5 Å². The number of hydrogen-bond acceptors (Lipinski definition) is 3. The predicted molar refractivity (Wildman–Crippen MR) is 71.4 cm³/mol. The van der Waals surface area contributed by atoms with Crippen LogP contribution in [0.2, 0.25) is 0 Å². The highest BCUT2D eigenvalue weighted by Gasteiger charge is 2.16. The third-order valence-electron chi connectivity index (χ3n) is 2.97. The van der Waals surface area contributed by atoms with Crippen LogP contribution in [0.15, 0.2) is 29.1 Å². The number of aromatic carboxylic acids is 1. The monoisotopic (exact) mass is 258 g/mol. The molecule has 1 aromatic heterocycles. The van der Waals surface area contributed by atoms with E-state index in [9.17, 15) is 9.59 Å². The molecule has 0 atom stereocenters. The second kappa shape index (κ2) is 5.06. The molecule has 0 aliphatic carbocycles. The maximum absolute atomic E-state index is 11.8. The summed E-state index contributed by atoms with van der Waals surface area (Å²) < 4.78 is 0. The molecule has 19 heavy (non-hydrogen) atoms. The van der Waals surface area contributed by atoms with Gasteiger partial charge in [0.2, 0.25) is 0 Å². The zero-order chi connectivity index (χ0) is 14.0. The van der Waals surface area contributed by atoms with Gasteiger partial charge in [0, 0.05) is 5.56 Å². The minimum Gasteiger partial charge on any atom is -0.477 e. The van der Waals surface area contributed by atoms with E-state index in [1.54, 1.807) is 0 Å². The number of aromatic amines is 1. The molecule has 1 aromatic carbocycles. The lowest BCUT2D eigenvalue weighted by atomic mass is 10.0. The highest BCUT2D eigenvalue weighted by atomic mass is 16.4. The number of hydrogen-bond donors (Lipinski definition) is 2. The number of rotatable bonds is 3. The highest BCUT2D eigenvalue weighted by Crippen LogP contribution is 2.20. The van der Waals surface area contributed by atoms with Crippen molar-refractivity contribution in [3.63, 3.8) is 0 Å². The number of nitrogens with one attached hydrogen (secondary N) is 1. The molecule has 2 aromatic rings. The molecule has 1 heterocycles. The Morgan fingerprint density at radius 3 is 2.63 bits per heavy atom. The van der Waals surface area contributed by atoms with Gasteiger partial charge in [0.15, 0.2) is 0 Å². The van der Waals surface area contributed by atoms with E-state index in [4.69, 9.17) is 5.11 Å². The maximum atomic E-state index is 11.8. The van der Waals surface area contributed by atoms with Gasteiger partial charge in [-0.05, 0) is 18.9 Å². The molecule has 0 spiro atoms. The van der Waals surface area contributed by atoms with Crippen LogP contribution in [0.25, 0.3) is 11.4 Å². The Labute approximate surface area is 110 Å². The zero-order valence-electron chi connectivity index (χ0n) is 10.7. The van der Waals surface area contributed by atoms with E-state index >= 15 is 0 Å². The first-order chi connectivity index (χ1) is 9.04. The van der Waals surface area contributed by atoms with Gasteiger partial charge in [-0.15, -0.1) is 0 Å². The third kappa shape index (κ3) is 2.40. The fourth-order valence-electron chi connectivity index (χ4n) is 2.02. The normalized spacial score (nSPS) is 10.4. The summed E-state index contributed by atoms with van der Waals surface area (Å²) in [6.45, 7) is 3.53. The van der Waals surface area contributed by atoms with E-state index in [0.29, 0.717) is 5.82 Å². The molecule has 0 saturated carbocycles. The number of aryl methyl sites for hydroxylation is 2. The Balaban J connectivity index is 2.65. The molecule has 2 N–H and O–H groups in total. The minimum absolute atomic E-state index is 0.220. The molecule has 0 aliphatic rings. The van der Waals surface area contributed by atoms with Crippen molar-refractivity contribution in [1.82, 2.24) is 9.97 Å². The fraction of sp³-hybridized carbons (Fsp3) is 0.214. The van der Waals surface area contributed by atoms with Gasteiger partial charge < -0.3 is 10.1 Å². The molecule has 0 fully saturated rings. The van der Waals surface area contributed by atoms with Gasteiger partial charge >= 0.3 is 5.97 Å². The molecule has 5 nitrogen and oxygen atoms in total. The first kappa shape index (κ1) is 13.0. The predicted octanol–water partition coefficient (Wildman–Crippen LogP) is 2.01. The smallest absolute Gasteiger partial charge is 0.343 e. The van der Waals surface area contributed by atoms with Crippen molar-refractivity contribution in [1.29, 1.82) is 0 Å². The number of carboxylic acids is 1. The van der Waals surface area contributed by atoms with Crippen molar-refractivity contribution >= 4 is 5.97 Å². The number of aromatic nitrogens is 2. The number of benzene rings is 1. The van der Waals surface area contributed by atoms with Crippen LogP contribution in [-0.4, -0.2) is 21.0 Å². The molecule has 0 amide bonds. The Bertz CT molecular complexity index is 689. The quantitative estimate of drug-likeness (QED) is 0.882. The molecule has 0 radical (unpaired) electrons.